The predicted octanol–water partition coefficient (Wildman–Crippen LogP) is 3.53. The zero-order valence-corrected chi connectivity index (χ0v) is 10.9. The van der Waals surface area contributed by atoms with Crippen molar-refractivity contribution in [3.8, 4) is 0 Å². The van der Waals surface area contributed by atoms with Crippen LogP contribution in [0.5, 0.6) is 0 Å². The van der Waals surface area contributed by atoms with Gasteiger partial charge in [0.2, 0.25) is 0 Å². The molecule has 3 nitrogen and oxygen atoms in total. The summed E-state index contributed by atoms with van der Waals surface area (Å²) in [5, 5.41) is 19.7. The average Bonchev–Trinajstić information content (AvgIpc) is 2.24. The third-order valence-corrected chi connectivity index (χ3v) is 3.25. The van der Waals surface area contributed by atoms with Crippen molar-refractivity contribution >= 4 is 29.2 Å². The van der Waals surface area contributed by atoms with Crippen LogP contribution >= 0.6 is 23.2 Å². The number of aliphatic carboxylic acids is 1. The Hall–Kier alpha value is -0.770. The summed E-state index contributed by atoms with van der Waals surface area (Å²) in [6.45, 7) is 1.86. The molecule has 0 radical (unpaired) electrons. The van der Waals surface area contributed by atoms with Gasteiger partial charge in [-0.3, -0.25) is 4.79 Å². The highest BCUT2D eigenvalue weighted by Crippen LogP contribution is 2.35. The predicted molar refractivity (Wildman–Crippen MR) is 67.5 cm³/mol. The Kier molecular flexibility index (Phi) is 5.25. The third kappa shape index (κ3) is 3.35. The van der Waals surface area contributed by atoms with Crippen LogP contribution in [-0.2, 0) is 4.79 Å². The van der Waals surface area contributed by atoms with E-state index in [0.29, 0.717) is 12.8 Å². The van der Waals surface area contributed by atoms with Crippen LogP contribution in [0.1, 0.15) is 31.4 Å². The number of aliphatic hydroxyl groups is 1. The molecule has 0 aliphatic heterocycles. The van der Waals surface area contributed by atoms with Crippen LogP contribution in [0.25, 0.3) is 0 Å². The van der Waals surface area contributed by atoms with Crippen molar-refractivity contribution in [1.82, 2.24) is 0 Å². The lowest BCUT2D eigenvalue weighted by Crippen LogP contribution is -2.22. The molecule has 0 spiro atoms. The van der Waals surface area contributed by atoms with Gasteiger partial charge in [0.25, 0.3) is 0 Å². The molecule has 1 aromatic rings. The molecule has 0 aliphatic carbocycles. The summed E-state index contributed by atoms with van der Waals surface area (Å²) in [5.41, 5.74) is 0.289. The van der Waals surface area contributed by atoms with E-state index >= 15 is 0 Å². The van der Waals surface area contributed by atoms with Gasteiger partial charge in [-0.05, 0) is 18.6 Å². The number of hydrogen-bond donors (Lipinski definition) is 2. The Morgan fingerprint density at radius 1 is 1.35 bits per heavy atom. The molecule has 0 bridgehead atoms. The van der Waals surface area contributed by atoms with E-state index in [1.165, 1.54) is 0 Å². The lowest BCUT2D eigenvalue weighted by atomic mass is 9.92. The lowest BCUT2D eigenvalue weighted by molar-refractivity contribution is -0.146. The van der Waals surface area contributed by atoms with Crippen molar-refractivity contribution in [3.63, 3.8) is 0 Å². The molecule has 1 aromatic carbocycles. The van der Waals surface area contributed by atoms with Gasteiger partial charge >= 0.3 is 5.97 Å². The Labute approximate surface area is 110 Å². The number of carboxylic acid groups (broad SMARTS) is 1. The maximum atomic E-state index is 11.1. The molecule has 0 saturated carbocycles. The summed E-state index contributed by atoms with van der Waals surface area (Å²) in [6.07, 6.45) is -0.151. The van der Waals surface area contributed by atoms with E-state index < -0.39 is 18.0 Å². The highest BCUT2D eigenvalue weighted by atomic mass is 35.5. The molecule has 0 aliphatic rings. The molecule has 0 fully saturated rings. The van der Waals surface area contributed by atoms with E-state index in [1.807, 2.05) is 6.92 Å². The normalized spacial score (nSPS) is 14.4. The standard InChI is InChI=1S/C12H14Cl2O3/c1-2-4-7(12(16)17)11(15)10-8(13)5-3-6-9(10)14/h3,5-7,11,15H,2,4H2,1H3,(H,16,17). The first kappa shape index (κ1) is 14.3. The van der Waals surface area contributed by atoms with Gasteiger partial charge in [0.05, 0.1) is 12.0 Å². The molecule has 0 saturated heterocycles. The van der Waals surface area contributed by atoms with Gasteiger partial charge in [0.1, 0.15) is 0 Å². The van der Waals surface area contributed by atoms with Crippen molar-refractivity contribution in [2.45, 2.75) is 25.9 Å². The highest BCUT2D eigenvalue weighted by Gasteiger charge is 2.29. The largest absolute Gasteiger partial charge is 0.481 e. The molecule has 94 valence electrons. The molecule has 0 heterocycles. The topological polar surface area (TPSA) is 57.5 Å². The average molecular weight is 277 g/mol. The van der Waals surface area contributed by atoms with Gasteiger partial charge in [0, 0.05) is 15.6 Å². The van der Waals surface area contributed by atoms with E-state index in [4.69, 9.17) is 28.3 Å². The van der Waals surface area contributed by atoms with Gasteiger partial charge < -0.3 is 10.2 Å². The molecule has 0 aromatic heterocycles. The van der Waals surface area contributed by atoms with Crippen molar-refractivity contribution in [2.75, 3.05) is 0 Å². The molecular weight excluding hydrogens is 263 g/mol. The fourth-order valence-electron chi connectivity index (χ4n) is 1.72. The maximum Gasteiger partial charge on any atom is 0.309 e. The Morgan fingerprint density at radius 2 is 1.88 bits per heavy atom. The van der Waals surface area contributed by atoms with Crippen LogP contribution in [0, 0.1) is 5.92 Å². The first-order valence-corrected chi connectivity index (χ1v) is 6.09. The number of carboxylic acids is 1. The summed E-state index contributed by atoms with van der Waals surface area (Å²) >= 11 is 11.9. The summed E-state index contributed by atoms with van der Waals surface area (Å²) in [6, 6.07) is 4.81. The van der Waals surface area contributed by atoms with Crippen LogP contribution in [0.4, 0.5) is 0 Å². The second kappa shape index (κ2) is 6.24. The van der Waals surface area contributed by atoms with Gasteiger partial charge in [-0.15, -0.1) is 0 Å². The van der Waals surface area contributed by atoms with E-state index in [1.54, 1.807) is 18.2 Å². The zero-order valence-electron chi connectivity index (χ0n) is 9.36. The maximum absolute atomic E-state index is 11.1. The minimum absolute atomic E-state index is 0.285. The number of carbonyl (C=O) groups is 1. The van der Waals surface area contributed by atoms with Crippen molar-refractivity contribution in [1.29, 1.82) is 0 Å². The highest BCUT2D eigenvalue weighted by molar-refractivity contribution is 6.36. The van der Waals surface area contributed by atoms with Crippen molar-refractivity contribution in [2.24, 2.45) is 5.92 Å². The molecule has 2 unspecified atom stereocenters. The van der Waals surface area contributed by atoms with Crippen LogP contribution in [0.2, 0.25) is 10.0 Å². The fourth-order valence-corrected chi connectivity index (χ4v) is 2.34. The van der Waals surface area contributed by atoms with Gasteiger partial charge in [0.15, 0.2) is 0 Å². The summed E-state index contributed by atoms with van der Waals surface area (Å²) in [5.74, 6) is -1.94. The second-order valence-corrected chi connectivity index (χ2v) is 4.63. The number of benzene rings is 1. The van der Waals surface area contributed by atoms with Crippen LogP contribution in [0.15, 0.2) is 18.2 Å². The fraction of sp³-hybridized carbons (Fsp3) is 0.417. The Morgan fingerprint density at radius 3 is 2.29 bits per heavy atom. The van der Waals surface area contributed by atoms with E-state index in [2.05, 4.69) is 0 Å². The van der Waals surface area contributed by atoms with E-state index in [9.17, 15) is 9.90 Å². The van der Waals surface area contributed by atoms with Crippen LogP contribution < -0.4 is 0 Å². The number of aliphatic hydroxyl groups excluding tert-OH is 1. The van der Waals surface area contributed by atoms with Crippen molar-refractivity contribution < 1.29 is 15.0 Å². The van der Waals surface area contributed by atoms with E-state index in [0.717, 1.165) is 0 Å². The molecule has 2 N–H and O–H groups in total. The third-order valence-electron chi connectivity index (χ3n) is 2.59. The quantitative estimate of drug-likeness (QED) is 0.865. The van der Waals surface area contributed by atoms with E-state index in [-0.39, 0.29) is 15.6 Å². The molecule has 5 heteroatoms. The van der Waals surface area contributed by atoms with Crippen molar-refractivity contribution in [3.05, 3.63) is 33.8 Å². The summed E-state index contributed by atoms with van der Waals surface area (Å²) in [4.78, 5) is 11.1. The minimum atomic E-state index is -1.19. The molecule has 0 amide bonds. The summed E-state index contributed by atoms with van der Waals surface area (Å²) < 4.78 is 0. The first-order valence-electron chi connectivity index (χ1n) is 5.33. The molecule has 17 heavy (non-hydrogen) atoms. The van der Waals surface area contributed by atoms with Crippen LogP contribution in [-0.4, -0.2) is 16.2 Å². The van der Waals surface area contributed by atoms with Gasteiger partial charge in [-0.1, -0.05) is 42.6 Å². The number of hydrogen-bond acceptors (Lipinski definition) is 2. The van der Waals surface area contributed by atoms with Crippen LogP contribution in [0.3, 0.4) is 0 Å². The lowest BCUT2D eigenvalue weighted by Gasteiger charge is -2.20. The SMILES string of the molecule is CCCC(C(=O)O)C(O)c1c(Cl)cccc1Cl. The Balaban J connectivity index is 3.09. The van der Waals surface area contributed by atoms with Gasteiger partial charge in [-0.25, -0.2) is 0 Å². The number of rotatable bonds is 5. The smallest absolute Gasteiger partial charge is 0.309 e. The first-order chi connectivity index (χ1) is 7.99. The zero-order chi connectivity index (χ0) is 13.0. The molecule has 1 rings (SSSR count). The van der Waals surface area contributed by atoms with Gasteiger partial charge in [-0.2, -0.15) is 0 Å². The monoisotopic (exact) mass is 276 g/mol. The molecular formula is C12H14Cl2O3. The second-order valence-electron chi connectivity index (χ2n) is 3.81. The Bertz CT molecular complexity index is 386. The minimum Gasteiger partial charge on any atom is -0.481 e. The number of halogens is 2. The molecule has 2 atom stereocenters. The summed E-state index contributed by atoms with van der Waals surface area (Å²) in [7, 11) is 0.